The van der Waals surface area contributed by atoms with Gasteiger partial charge in [-0.2, -0.15) is 5.26 Å². The van der Waals surface area contributed by atoms with Gasteiger partial charge in [0.2, 0.25) is 0 Å². The van der Waals surface area contributed by atoms with E-state index in [1.165, 1.54) is 25.7 Å². The Bertz CT molecular complexity index is 250. The molecule has 0 amide bonds. The summed E-state index contributed by atoms with van der Waals surface area (Å²) in [5, 5.41) is 9.34. The molecule has 2 saturated carbocycles. The molecule has 0 heterocycles. The molecule has 2 atom stereocenters. The largest absolute Gasteiger partial charge is 0.292 e. The summed E-state index contributed by atoms with van der Waals surface area (Å²) in [4.78, 5) is 2.14. The Hall–Kier alpha value is -0.550. The summed E-state index contributed by atoms with van der Waals surface area (Å²) in [6.45, 7) is 0. The van der Waals surface area contributed by atoms with E-state index in [0.717, 1.165) is 24.7 Å². The molecule has 14 heavy (non-hydrogen) atoms. The van der Waals surface area contributed by atoms with Crippen LogP contribution in [-0.2, 0) is 0 Å². The van der Waals surface area contributed by atoms with Crippen LogP contribution in [0.2, 0.25) is 0 Å². The van der Waals surface area contributed by atoms with Crippen molar-refractivity contribution in [2.75, 3.05) is 14.1 Å². The number of nitrogens with zero attached hydrogens (tertiary/aromatic N) is 2. The first-order chi connectivity index (χ1) is 6.68. The van der Waals surface area contributed by atoms with E-state index < -0.39 is 0 Å². The maximum atomic E-state index is 9.34. The van der Waals surface area contributed by atoms with Gasteiger partial charge in [-0.3, -0.25) is 4.90 Å². The molecule has 0 aromatic heterocycles. The van der Waals surface area contributed by atoms with Gasteiger partial charge in [0.25, 0.3) is 0 Å². The Morgan fingerprint density at radius 3 is 2.43 bits per heavy atom. The van der Waals surface area contributed by atoms with E-state index in [2.05, 4.69) is 25.1 Å². The summed E-state index contributed by atoms with van der Waals surface area (Å²) in [5.74, 6) is 1.80. The van der Waals surface area contributed by atoms with Crippen LogP contribution in [0.4, 0.5) is 0 Å². The lowest BCUT2D eigenvalue weighted by molar-refractivity contribution is 0.114. The van der Waals surface area contributed by atoms with Gasteiger partial charge in [-0.25, -0.2) is 0 Å². The second-order valence-corrected chi connectivity index (χ2v) is 5.23. The fraction of sp³-hybridized carbons (Fsp3) is 0.917. The van der Waals surface area contributed by atoms with E-state index >= 15 is 0 Å². The smallest absolute Gasteiger partial charge is 0.109 e. The Morgan fingerprint density at radius 2 is 1.93 bits per heavy atom. The molecular weight excluding hydrogens is 172 g/mol. The van der Waals surface area contributed by atoms with Crippen LogP contribution in [0.5, 0.6) is 0 Å². The van der Waals surface area contributed by atoms with Crippen LogP contribution in [0.3, 0.4) is 0 Å². The molecular formula is C12H20N2. The molecule has 2 fully saturated rings. The zero-order chi connectivity index (χ0) is 10.2. The zero-order valence-corrected chi connectivity index (χ0v) is 9.29. The summed E-state index contributed by atoms with van der Waals surface area (Å²) in [5.41, 5.74) is -0.147. The molecule has 0 N–H and O–H groups in total. The van der Waals surface area contributed by atoms with E-state index in [9.17, 15) is 5.26 Å². The van der Waals surface area contributed by atoms with Gasteiger partial charge < -0.3 is 0 Å². The van der Waals surface area contributed by atoms with Crippen LogP contribution in [-0.4, -0.2) is 24.5 Å². The Labute approximate surface area is 86.9 Å². The van der Waals surface area contributed by atoms with Gasteiger partial charge in [-0.05, 0) is 58.0 Å². The van der Waals surface area contributed by atoms with Crippen molar-refractivity contribution in [3.05, 3.63) is 0 Å². The third-order valence-electron chi connectivity index (χ3n) is 4.12. The van der Waals surface area contributed by atoms with Crippen LogP contribution in [0.15, 0.2) is 0 Å². The SMILES string of the molecule is CN(C)C1(C#N)CCCC(C2CC2)C1. The fourth-order valence-corrected chi connectivity index (χ4v) is 2.87. The summed E-state index contributed by atoms with van der Waals surface area (Å²) in [6, 6.07) is 2.56. The first kappa shape index (κ1) is 9.98. The van der Waals surface area contributed by atoms with Gasteiger partial charge in [-0.1, -0.05) is 6.42 Å². The zero-order valence-electron chi connectivity index (χ0n) is 9.29. The predicted octanol–water partition coefficient (Wildman–Crippen LogP) is 2.41. The van der Waals surface area contributed by atoms with Crippen LogP contribution < -0.4 is 0 Å². The van der Waals surface area contributed by atoms with E-state index in [-0.39, 0.29) is 5.54 Å². The van der Waals surface area contributed by atoms with E-state index in [1.807, 2.05) is 0 Å². The Morgan fingerprint density at radius 1 is 1.21 bits per heavy atom. The van der Waals surface area contributed by atoms with Gasteiger partial charge in [0.1, 0.15) is 5.54 Å². The molecule has 0 spiro atoms. The Kier molecular flexibility index (Phi) is 2.53. The number of hydrogen-bond donors (Lipinski definition) is 0. The molecule has 0 saturated heterocycles. The normalized spacial score (nSPS) is 38.3. The van der Waals surface area contributed by atoms with Crippen LogP contribution >= 0.6 is 0 Å². The minimum atomic E-state index is -0.147. The highest BCUT2D eigenvalue weighted by molar-refractivity contribution is 5.10. The second kappa shape index (κ2) is 3.55. The van der Waals surface area contributed by atoms with Crippen molar-refractivity contribution in [3.8, 4) is 6.07 Å². The van der Waals surface area contributed by atoms with Crippen molar-refractivity contribution < 1.29 is 0 Å². The van der Waals surface area contributed by atoms with Crippen LogP contribution in [0.1, 0.15) is 38.5 Å². The van der Waals surface area contributed by atoms with Gasteiger partial charge in [0, 0.05) is 0 Å². The fourth-order valence-electron chi connectivity index (χ4n) is 2.87. The molecule has 2 heteroatoms. The minimum Gasteiger partial charge on any atom is -0.292 e. The standard InChI is InChI=1S/C12H20N2/c1-14(2)12(9-13)7-3-4-11(8-12)10-5-6-10/h10-11H,3-8H2,1-2H3. The summed E-state index contributed by atoms with van der Waals surface area (Å²) < 4.78 is 0. The number of rotatable bonds is 2. The monoisotopic (exact) mass is 192 g/mol. The average Bonchev–Trinajstić information content (AvgIpc) is 3.01. The summed E-state index contributed by atoms with van der Waals surface area (Å²) in [7, 11) is 4.11. The quantitative estimate of drug-likeness (QED) is 0.672. The van der Waals surface area contributed by atoms with Crippen molar-refractivity contribution in [1.29, 1.82) is 5.26 Å². The summed E-state index contributed by atoms with van der Waals surface area (Å²) in [6.07, 6.45) is 7.62. The maximum Gasteiger partial charge on any atom is 0.109 e. The highest BCUT2D eigenvalue weighted by Crippen LogP contribution is 2.47. The lowest BCUT2D eigenvalue weighted by Crippen LogP contribution is -2.46. The van der Waals surface area contributed by atoms with Crippen LogP contribution in [0.25, 0.3) is 0 Å². The molecule has 0 aromatic carbocycles. The maximum absolute atomic E-state index is 9.34. The molecule has 0 aliphatic heterocycles. The molecule has 2 rings (SSSR count). The highest BCUT2D eigenvalue weighted by Gasteiger charge is 2.43. The molecule has 0 bridgehead atoms. The third-order valence-corrected chi connectivity index (χ3v) is 4.12. The molecule has 2 unspecified atom stereocenters. The summed E-state index contributed by atoms with van der Waals surface area (Å²) >= 11 is 0. The van der Waals surface area contributed by atoms with Crippen molar-refractivity contribution in [2.24, 2.45) is 11.8 Å². The first-order valence-electron chi connectivity index (χ1n) is 5.77. The lowest BCUT2D eigenvalue weighted by Gasteiger charge is -2.40. The molecule has 2 aliphatic rings. The van der Waals surface area contributed by atoms with Gasteiger partial charge in [0.15, 0.2) is 0 Å². The third kappa shape index (κ3) is 1.66. The molecule has 2 aliphatic carbocycles. The van der Waals surface area contributed by atoms with E-state index in [1.54, 1.807) is 0 Å². The topological polar surface area (TPSA) is 27.0 Å². The predicted molar refractivity (Wildman–Crippen MR) is 56.7 cm³/mol. The molecule has 0 aromatic rings. The van der Waals surface area contributed by atoms with Gasteiger partial charge in [-0.15, -0.1) is 0 Å². The van der Waals surface area contributed by atoms with E-state index in [4.69, 9.17) is 0 Å². The molecule has 2 nitrogen and oxygen atoms in total. The van der Waals surface area contributed by atoms with Gasteiger partial charge >= 0.3 is 0 Å². The highest BCUT2D eigenvalue weighted by atomic mass is 15.1. The minimum absolute atomic E-state index is 0.147. The van der Waals surface area contributed by atoms with Crippen molar-refractivity contribution in [2.45, 2.75) is 44.1 Å². The van der Waals surface area contributed by atoms with Gasteiger partial charge in [0.05, 0.1) is 6.07 Å². The van der Waals surface area contributed by atoms with Crippen molar-refractivity contribution >= 4 is 0 Å². The number of nitriles is 1. The molecule has 78 valence electrons. The molecule has 0 radical (unpaired) electrons. The second-order valence-electron chi connectivity index (χ2n) is 5.23. The lowest BCUT2D eigenvalue weighted by atomic mass is 9.74. The van der Waals surface area contributed by atoms with E-state index in [0.29, 0.717) is 0 Å². The van der Waals surface area contributed by atoms with Crippen molar-refractivity contribution in [1.82, 2.24) is 4.90 Å². The Balaban J connectivity index is 2.07. The number of hydrogen-bond acceptors (Lipinski definition) is 2. The van der Waals surface area contributed by atoms with Crippen molar-refractivity contribution in [3.63, 3.8) is 0 Å². The first-order valence-corrected chi connectivity index (χ1v) is 5.77. The average molecular weight is 192 g/mol. The van der Waals surface area contributed by atoms with Crippen LogP contribution in [0, 0.1) is 23.2 Å².